The third-order valence-electron chi connectivity index (χ3n) is 3.86. The van der Waals surface area contributed by atoms with Crippen LogP contribution in [0.5, 0.6) is 5.75 Å². The Morgan fingerprint density at radius 1 is 1.55 bits per heavy atom. The van der Waals surface area contributed by atoms with E-state index in [1.807, 2.05) is 18.2 Å². The number of morpholine rings is 1. The van der Waals surface area contributed by atoms with Crippen LogP contribution in [-0.2, 0) is 4.74 Å². The second-order valence-corrected chi connectivity index (χ2v) is 5.21. The van der Waals surface area contributed by atoms with Gasteiger partial charge in [0.15, 0.2) is 0 Å². The van der Waals surface area contributed by atoms with Gasteiger partial charge in [0.1, 0.15) is 5.75 Å². The predicted octanol–water partition coefficient (Wildman–Crippen LogP) is 0.777. The third-order valence-corrected chi connectivity index (χ3v) is 3.86. The van der Waals surface area contributed by atoms with Crippen LogP contribution in [0.25, 0.3) is 0 Å². The van der Waals surface area contributed by atoms with E-state index in [2.05, 4.69) is 17.9 Å². The molecule has 0 bridgehead atoms. The molecule has 1 aliphatic heterocycles. The summed E-state index contributed by atoms with van der Waals surface area (Å²) in [5.41, 5.74) is 7.13. The van der Waals surface area contributed by atoms with Crippen LogP contribution >= 0.6 is 0 Å². The van der Waals surface area contributed by atoms with Crippen LogP contribution in [0.2, 0.25) is 0 Å². The Labute approximate surface area is 120 Å². The number of rotatable bonds is 5. The molecule has 1 saturated heterocycles. The standard InChI is InChI=1S/C15H24N2O3/c1-11-10-20-14(9-18)8-17(11)15(7-16)12-4-3-5-13(6-12)19-2/h3-6,11,14-15,18H,7-10,16H2,1-2H3. The molecule has 3 unspecified atom stereocenters. The van der Waals surface area contributed by atoms with Crippen LogP contribution in [0, 0.1) is 0 Å². The first-order valence-electron chi connectivity index (χ1n) is 7.01. The van der Waals surface area contributed by atoms with Crippen LogP contribution in [-0.4, -0.2) is 55.6 Å². The fourth-order valence-corrected chi connectivity index (χ4v) is 2.70. The SMILES string of the molecule is COc1cccc(C(CN)N2CC(CO)OCC2C)c1. The molecule has 1 aromatic rings. The lowest BCUT2D eigenvalue weighted by molar-refractivity contribution is -0.0907. The smallest absolute Gasteiger partial charge is 0.119 e. The number of ether oxygens (including phenoxy) is 2. The molecular formula is C15H24N2O3. The Hall–Kier alpha value is -1.14. The van der Waals surface area contributed by atoms with Crippen molar-refractivity contribution in [3.8, 4) is 5.75 Å². The van der Waals surface area contributed by atoms with Crippen LogP contribution < -0.4 is 10.5 Å². The molecular weight excluding hydrogens is 256 g/mol. The van der Waals surface area contributed by atoms with Crippen molar-refractivity contribution in [1.29, 1.82) is 0 Å². The van der Waals surface area contributed by atoms with Crippen LogP contribution in [0.3, 0.4) is 0 Å². The van der Waals surface area contributed by atoms with E-state index in [-0.39, 0.29) is 24.8 Å². The zero-order valence-corrected chi connectivity index (χ0v) is 12.2. The van der Waals surface area contributed by atoms with Crippen LogP contribution in [0.4, 0.5) is 0 Å². The van der Waals surface area contributed by atoms with Crippen molar-refractivity contribution >= 4 is 0 Å². The average Bonchev–Trinajstić information content (AvgIpc) is 2.50. The summed E-state index contributed by atoms with van der Waals surface area (Å²) in [6, 6.07) is 8.38. The van der Waals surface area contributed by atoms with E-state index in [0.29, 0.717) is 19.7 Å². The molecule has 1 fully saturated rings. The minimum absolute atomic E-state index is 0.0403. The van der Waals surface area contributed by atoms with E-state index in [9.17, 15) is 5.11 Å². The Kier molecular flexibility index (Phi) is 5.37. The Balaban J connectivity index is 2.21. The first-order valence-corrected chi connectivity index (χ1v) is 7.01. The summed E-state index contributed by atoms with van der Waals surface area (Å²) in [7, 11) is 1.66. The summed E-state index contributed by atoms with van der Waals surface area (Å²) in [4.78, 5) is 2.30. The second kappa shape index (κ2) is 7.04. The van der Waals surface area contributed by atoms with Gasteiger partial charge in [0.05, 0.1) is 26.4 Å². The maximum Gasteiger partial charge on any atom is 0.119 e. The first kappa shape index (κ1) is 15.3. The van der Waals surface area contributed by atoms with Crippen LogP contribution in [0.1, 0.15) is 18.5 Å². The molecule has 3 atom stereocenters. The van der Waals surface area contributed by atoms with E-state index in [4.69, 9.17) is 15.2 Å². The van der Waals surface area contributed by atoms with Crippen molar-refractivity contribution in [2.75, 3.05) is 33.4 Å². The van der Waals surface area contributed by atoms with Crippen molar-refractivity contribution in [3.63, 3.8) is 0 Å². The lowest BCUT2D eigenvalue weighted by Crippen LogP contribution is -2.52. The second-order valence-electron chi connectivity index (χ2n) is 5.21. The number of benzene rings is 1. The minimum atomic E-state index is -0.133. The van der Waals surface area contributed by atoms with Crippen molar-refractivity contribution < 1.29 is 14.6 Å². The van der Waals surface area contributed by atoms with Gasteiger partial charge in [-0.15, -0.1) is 0 Å². The van der Waals surface area contributed by atoms with Crippen molar-refractivity contribution in [1.82, 2.24) is 4.90 Å². The molecule has 0 aromatic heterocycles. The van der Waals surface area contributed by atoms with Gasteiger partial charge in [-0.2, -0.15) is 0 Å². The van der Waals surface area contributed by atoms with Gasteiger partial charge in [0.25, 0.3) is 0 Å². The van der Waals surface area contributed by atoms with E-state index in [1.165, 1.54) is 0 Å². The van der Waals surface area contributed by atoms with Gasteiger partial charge in [-0.1, -0.05) is 12.1 Å². The lowest BCUT2D eigenvalue weighted by atomic mass is 10.0. The fourth-order valence-electron chi connectivity index (χ4n) is 2.70. The number of nitrogens with two attached hydrogens (primary N) is 1. The van der Waals surface area contributed by atoms with Crippen molar-refractivity contribution in [2.45, 2.75) is 25.1 Å². The maximum atomic E-state index is 9.30. The van der Waals surface area contributed by atoms with Gasteiger partial charge in [-0.05, 0) is 24.6 Å². The molecule has 1 aromatic carbocycles. The molecule has 112 valence electrons. The molecule has 0 radical (unpaired) electrons. The summed E-state index contributed by atoms with van der Waals surface area (Å²) in [6.07, 6.45) is -0.133. The van der Waals surface area contributed by atoms with E-state index in [1.54, 1.807) is 7.11 Å². The first-order chi connectivity index (χ1) is 9.69. The molecule has 5 nitrogen and oxygen atoms in total. The zero-order chi connectivity index (χ0) is 14.5. The number of methoxy groups -OCH3 is 1. The third kappa shape index (κ3) is 3.30. The van der Waals surface area contributed by atoms with Gasteiger partial charge in [0, 0.05) is 25.2 Å². The van der Waals surface area contributed by atoms with Gasteiger partial charge < -0.3 is 20.3 Å². The van der Waals surface area contributed by atoms with E-state index in [0.717, 1.165) is 11.3 Å². The lowest BCUT2D eigenvalue weighted by Gasteiger charge is -2.42. The molecule has 0 aliphatic carbocycles. The number of nitrogens with zero attached hydrogens (tertiary/aromatic N) is 1. The molecule has 3 N–H and O–H groups in total. The quantitative estimate of drug-likeness (QED) is 0.834. The number of aliphatic hydroxyl groups excluding tert-OH is 1. The number of aliphatic hydroxyl groups is 1. The van der Waals surface area contributed by atoms with Gasteiger partial charge >= 0.3 is 0 Å². The maximum absolute atomic E-state index is 9.30. The van der Waals surface area contributed by atoms with E-state index >= 15 is 0 Å². The van der Waals surface area contributed by atoms with Gasteiger partial charge in [-0.3, -0.25) is 4.90 Å². The van der Waals surface area contributed by atoms with Crippen molar-refractivity contribution in [3.05, 3.63) is 29.8 Å². The highest BCUT2D eigenvalue weighted by Crippen LogP contribution is 2.27. The molecule has 20 heavy (non-hydrogen) atoms. The average molecular weight is 280 g/mol. The molecule has 0 amide bonds. The topological polar surface area (TPSA) is 68.0 Å². The van der Waals surface area contributed by atoms with Crippen molar-refractivity contribution in [2.24, 2.45) is 5.73 Å². The Morgan fingerprint density at radius 3 is 3.00 bits per heavy atom. The molecule has 2 rings (SSSR count). The van der Waals surface area contributed by atoms with Gasteiger partial charge in [-0.25, -0.2) is 0 Å². The molecule has 1 heterocycles. The largest absolute Gasteiger partial charge is 0.497 e. The molecule has 5 heteroatoms. The summed E-state index contributed by atoms with van der Waals surface area (Å²) in [5, 5.41) is 9.30. The molecule has 1 aliphatic rings. The molecule has 0 spiro atoms. The van der Waals surface area contributed by atoms with Gasteiger partial charge in [0.2, 0.25) is 0 Å². The summed E-state index contributed by atoms with van der Waals surface area (Å²) >= 11 is 0. The number of hydrogen-bond donors (Lipinski definition) is 2. The monoisotopic (exact) mass is 280 g/mol. The normalized spacial score (nSPS) is 25.4. The van der Waals surface area contributed by atoms with E-state index < -0.39 is 0 Å². The highest BCUT2D eigenvalue weighted by molar-refractivity contribution is 5.31. The highest BCUT2D eigenvalue weighted by atomic mass is 16.5. The minimum Gasteiger partial charge on any atom is -0.497 e. The fraction of sp³-hybridized carbons (Fsp3) is 0.600. The predicted molar refractivity (Wildman–Crippen MR) is 77.8 cm³/mol. The van der Waals surface area contributed by atoms with Crippen LogP contribution in [0.15, 0.2) is 24.3 Å². The summed E-state index contributed by atoms with van der Waals surface area (Å²) in [5.74, 6) is 0.834. The Bertz CT molecular complexity index is 427. The number of hydrogen-bond acceptors (Lipinski definition) is 5. The summed E-state index contributed by atoms with van der Waals surface area (Å²) in [6.45, 7) is 3.99. The summed E-state index contributed by atoms with van der Waals surface area (Å²) < 4.78 is 10.9. The Morgan fingerprint density at radius 2 is 2.35 bits per heavy atom. The highest BCUT2D eigenvalue weighted by Gasteiger charge is 2.31. The zero-order valence-electron chi connectivity index (χ0n) is 12.2. The molecule has 0 saturated carbocycles.